The van der Waals surface area contributed by atoms with Gasteiger partial charge < -0.3 is 21.4 Å². The second kappa shape index (κ2) is 13.8. The van der Waals surface area contributed by atoms with Crippen LogP contribution in [0.3, 0.4) is 0 Å². The fourth-order valence-electron chi connectivity index (χ4n) is 5.84. The van der Waals surface area contributed by atoms with Crippen LogP contribution in [0.1, 0.15) is 76.0 Å². The molecule has 0 bridgehead atoms. The number of nitrogens with one attached hydrogen (secondary N) is 4. The highest BCUT2D eigenvalue weighted by atomic mass is 35.5. The zero-order valence-electron chi connectivity index (χ0n) is 24.9. The van der Waals surface area contributed by atoms with Crippen molar-refractivity contribution >= 4 is 28.5 Å². The Morgan fingerprint density at radius 2 is 2.05 bits per heavy atom. The summed E-state index contributed by atoms with van der Waals surface area (Å²) in [5.41, 5.74) is 9.55. The van der Waals surface area contributed by atoms with E-state index >= 15 is 4.39 Å². The summed E-state index contributed by atoms with van der Waals surface area (Å²) in [6, 6.07) is 14.0. The average molecular weight is 606 g/mol. The zero-order chi connectivity index (χ0) is 30.5. The van der Waals surface area contributed by atoms with Crippen molar-refractivity contribution in [2.45, 2.75) is 83.3 Å². The molecule has 2 aromatic carbocycles. The van der Waals surface area contributed by atoms with Gasteiger partial charge in [-0.05, 0) is 86.9 Å². The van der Waals surface area contributed by atoms with Gasteiger partial charge in [0.1, 0.15) is 5.65 Å². The Morgan fingerprint density at radius 3 is 2.79 bits per heavy atom. The van der Waals surface area contributed by atoms with E-state index in [1.807, 2.05) is 26.0 Å². The number of aryl methyl sites for hydroxylation is 1. The molecular weight excluding hydrogens is 565 g/mol. The van der Waals surface area contributed by atoms with Crippen molar-refractivity contribution in [1.29, 1.82) is 5.41 Å². The lowest BCUT2D eigenvalue weighted by molar-refractivity contribution is 0.312. The summed E-state index contributed by atoms with van der Waals surface area (Å²) in [6.07, 6.45) is 9.26. The predicted octanol–water partition coefficient (Wildman–Crippen LogP) is 6.39. The lowest BCUT2D eigenvalue weighted by atomic mass is 9.92. The van der Waals surface area contributed by atoms with Gasteiger partial charge >= 0.3 is 5.69 Å². The van der Waals surface area contributed by atoms with Gasteiger partial charge in [-0.15, -0.1) is 0 Å². The van der Waals surface area contributed by atoms with Crippen LogP contribution in [0.4, 0.5) is 4.39 Å². The SMILES string of the molecule is CCC(=N)NCC[C@@H]1CCC[C@@H](c2ccc(-n3cc4cc(-c5cc(CCC[C@H](C)N)cc(Cl)c5F)[nH]c4nc3=O)cc2)N1. The molecule has 0 radical (unpaired) electrons. The predicted molar refractivity (Wildman–Crippen MR) is 173 cm³/mol. The lowest BCUT2D eigenvalue weighted by Gasteiger charge is -2.31. The topological polar surface area (TPSA) is 125 Å². The molecule has 1 fully saturated rings. The first-order chi connectivity index (χ1) is 20.7. The summed E-state index contributed by atoms with van der Waals surface area (Å²) in [6.45, 7) is 4.75. The second-order valence-electron chi connectivity index (χ2n) is 11.7. The van der Waals surface area contributed by atoms with E-state index in [-0.39, 0.29) is 17.1 Å². The molecule has 0 amide bonds. The number of piperidine rings is 1. The number of fused-ring (bicyclic) bond motifs is 1. The highest BCUT2D eigenvalue weighted by molar-refractivity contribution is 6.31. The molecule has 4 aromatic rings. The number of H-pyrrole nitrogens is 1. The van der Waals surface area contributed by atoms with Crippen LogP contribution < -0.4 is 22.1 Å². The number of benzene rings is 2. The van der Waals surface area contributed by atoms with Gasteiger partial charge in [0, 0.05) is 48.2 Å². The molecular formula is C33H41ClFN7O. The second-order valence-corrected chi connectivity index (χ2v) is 12.1. The van der Waals surface area contributed by atoms with Crippen LogP contribution >= 0.6 is 11.6 Å². The maximum Gasteiger partial charge on any atom is 0.354 e. The van der Waals surface area contributed by atoms with Crippen LogP contribution in [-0.4, -0.2) is 39.0 Å². The minimum atomic E-state index is -0.509. The van der Waals surface area contributed by atoms with Gasteiger partial charge in [-0.2, -0.15) is 4.98 Å². The zero-order valence-corrected chi connectivity index (χ0v) is 25.6. The van der Waals surface area contributed by atoms with E-state index in [1.165, 1.54) is 10.1 Å². The number of rotatable bonds is 11. The van der Waals surface area contributed by atoms with Crippen molar-refractivity contribution in [3.63, 3.8) is 0 Å². The van der Waals surface area contributed by atoms with E-state index in [9.17, 15) is 4.79 Å². The Bertz CT molecular complexity index is 1630. The number of aromatic amines is 1. The summed E-state index contributed by atoms with van der Waals surface area (Å²) in [5, 5.41) is 15.5. The number of hydrogen-bond acceptors (Lipinski definition) is 5. The quantitative estimate of drug-likeness (QED) is 0.100. The maximum absolute atomic E-state index is 15.1. The Morgan fingerprint density at radius 1 is 1.26 bits per heavy atom. The van der Waals surface area contributed by atoms with Crippen LogP contribution in [0.25, 0.3) is 28.0 Å². The van der Waals surface area contributed by atoms with E-state index in [2.05, 4.69) is 32.7 Å². The van der Waals surface area contributed by atoms with Crippen molar-refractivity contribution < 1.29 is 4.39 Å². The third kappa shape index (κ3) is 7.52. The smallest absolute Gasteiger partial charge is 0.354 e. The monoisotopic (exact) mass is 605 g/mol. The lowest BCUT2D eigenvalue weighted by Crippen LogP contribution is -2.39. The van der Waals surface area contributed by atoms with Gasteiger partial charge in [0.25, 0.3) is 0 Å². The van der Waals surface area contributed by atoms with Crippen molar-refractivity contribution in [2.24, 2.45) is 5.73 Å². The normalized spacial score (nSPS) is 17.7. The van der Waals surface area contributed by atoms with E-state index in [4.69, 9.17) is 22.7 Å². The molecule has 1 saturated heterocycles. The minimum Gasteiger partial charge on any atom is -0.374 e. The summed E-state index contributed by atoms with van der Waals surface area (Å²) >= 11 is 6.26. The third-order valence-corrected chi connectivity index (χ3v) is 8.53. The average Bonchev–Trinajstić information content (AvgIpc) is 3.41. The van der Waals surface area contributed by atoms with Gasteiger partial charge in [-0.25, -0.2) is 9.18 Å². The first kappa shape index (κ1) is 30.9. The van der Waals surface area contributed by atoms with Crippen molar-refractivity contribution in [3.8, 4) is 16.9 Å². The van der Waals surface area contributed by atoms with E-state index in [1.54, 1.807) is 24.4 Å². The number of halogens is 2. The van der Waals surface area contributed by atoms with Crippen LogP contribution in [0.15, 0.2) is 53.5 Å². The Labute approximate surface area is 256 Å². The van der Waals surface area contributed by atoms with Crippen LogP contribution in [0.2, 0.25) is 5.02 Å². The fraction of sp³-hybridized carbons (Fsp3) is 0.424. The van der Waals surface area contributed by atoms with Crippen LogP contribution in [0, 0.1) is 11.2 Å². The number of hydrogen-bond donors (Lipinski definition) is 5. The number of amidine groups is 1. The largest absolute Gasteiger partial charge is 0.374 e. The molecule has 0 saturated carbocycles. The molecule has 5 rings (SSSR count). The molecule has 228 valence electrons. The molecule has 6 N–H and O–H groups in total. The first-order valence-electron chi connectivity index (χ1n) is 15.3. The van der Waals surface area contributed by atoms with Gasteiger partial charge in [-0.3, -0.25) is 9.98 Å². The molecule has 1 aliphatic rings. The highest BCUT2D eigenvalue weighted by Gasteiger charge is 2.22. The Hall–Kier alpha value is -3.53. The van der Waals surface area contributed by atoms with Crippen molar-refractivity contribution in [1.82, 2.24) is 25.2 Å². The molecule has 0 spiro atoms. The minimum absolute atomic E-state index is 0.0621. The summed E-state index contributed by atoms with van der Waals surface area (Å²) in [4.78, 5) is 20.4. The molecule has 10 heteroatoms. The van der Waals surface area contributed by atoms with Gasteiger partial charge in [0.15, 0.2) is 5.82 Å². The molecule has 3 heterocycles. The number of nitrogens with two attached hydrogens (primary N) is 1. The van der Waals surface area contributed by atoms with Crippen LogP contribution in [-0.2, 0) is 6.42 Å². The van der Waals surface area contributed by atoms with Crippen molar-refractivity contribution in [2.75, 3.05) is 6.54 Å². The van der Waals surface area contributed by atoms with E-state index < -0.39 is 11.5 Å². The van der Waals surface area contributed by atoms with Crippen molar-refractivity contribution in [3.05, 3.63) is 81.1 Å². The first-order valence-corrected chi connectivity index (χ1v) is 15.6. The molecule has 43 heavy (non-hydrogen) atoms. The van der Waals surface area contributed by atoms with Gasteiger partial charge in [0.05, 0.1) is 22.2 Å². The molecule has 3 atom stereocenters. The van der Waals surface area contributed by atoms with Gasteiger partial charge in [0.2, 0.25) is 0 Å². The van der Waals surface area contributed by atoms with E-state index in [0.717, 1.165) is 63.5 Å². The molecule has 8 nitrogen and oxygen atoms in total. The number of aromatic nitrogens is 3. The van der Waals surface area contributed by atoms with Gasteiger partial charge in [-0.1, -0.05) is 37.1 Å². The Balaban J connectivity index is 1.33. The number of nitrogens with zero attached hydrogens (tertiary/aromatic N) is 2. The highest BCUT2D eigenvalue weighted by Crippen LogP contribution is 2.32. The fourth-order valence-corrected chi connectivity index (χ4v) is 6.08. The van der Waals surface area contributed by atoms with E-state index in [0.29, 0.717) is 39.9 Å². The van der Waals surface area contributed by atoms with Crippen LogP contribution in [0.5, 0.6) is 0 Å². The Kier molecular flexibility index (Phi) is 9.95. The molecule has 0 unspecified atom stereocenters. The molecule has 0 aliphatic carbocycles. The summed E-state index contributed by atoms with van der Waals surface area (Å²) in [7, 11) is 0. The maximum atomic E-state index is 15.1. The summed E-state index contributed by atoms with van der Waals surface area (Å²) in [5.74, 6) is 0.0708. The summed E-state index contributed by atoms with van der Waals surface area (Å²) < 4.78 is 16.6. The molecule has 1 aliphatic heterocycles. The standard InChI is InChI=1S/C33H41ClFN7O/c1-3-30(37)38-15-14-24-8-5-9-28(39-24)22-10-12-25(13-11-22)42-19-23-18-29(40-32(23)41-33(42)43)26-16-21(7-4-6-20(2)36)17-27(34)31(26)35/h10-13,16-20,24,28,39H,3-9,14-15,36H2,1-2H3,(H2,37,38)(H,40,41,43)/t20-,24-,28-/m0/s1. The molecule has 2 aromatic heterocycles. The third-order valence-electron chi connectivity index (χ3n) is 8.25.